The number of benzene rings is 2. The summed E-state index contributed by atoms with van der Waals surface area (Å²) in [5, 5.41) is 0. The zero-order valence-electron chi connectivity index (χ0n) is 16.6. The molecule has 2 heterocycles. The lowest BCUT2D eigenvalue weighted by molar-refractivity contribution is -0.140. The van der Waals surface area contributed by atoms with Crippen LogP contribution in [-0.2, 0) is 9.59 Å². The van der Waals surface area contributed by atoms with Gasteiger partial charge in [0.25, 0.3) is 0 Å². The second-order valence-electron chi connectivity index (χ2n) is 9.00. The molecular formula is C25H26N2O2. The number of carbonyl (C=O) groups excluding carboxylic acids is 2. The molecular weight excluding hydrogens is 360 g/mol. The molecule has 5 aliphatic rings. The topological polar surface area (TPSA) is 40.6 Å². The highest BCUT2D eigenvalue weighted by atomic mass is 16.2. The summed E-state index contributed by atoms with van der Waals surface area (Å²) < 4.78 is 0. The molecule has 2 amide bonds. The van der Waals surface area contributed by atoms with Crippen LogP contribution in [-0.4, -0.2) is 47.8 Å². The van der Waals surface area contributed by atoms with Gasteiger partial charge in [-0.1, -0.05) is 55.0 Å². The van der Waals surface area contributed by atoms with Crippen molar-refractivity contribution in [3.05, 3.63) is 70.8 Å². The molecule has 2 aromatic rings. The predicted octanol–water partition coefficient (Wildman–Crippen LogP) is 3.36. The Morgan fingerprint density at radius 2 is 1.10 bits per heavy atom. The highest BCUT2D eigenvalue weighted by molar-refractivity contribution is 6.07. The average molecular weight is 386 g/mol. The molecule has 4 nitrogen and oxygen atoms in total. The van der Waals surface area contributed by atoms with Gasteiger partial charge in [-0.3, -0.25) is 14.5 Å². The molecule has 4 heteroatoms. The normalized spacial score (nSPS) is 30.3. The van der Waals surface area contributed by atoms with Crippen molar-refractivity contribution in [3.63, 3.8) is 0 Å². The first-order chi connectivity index (χ1) is 14.3. The SMILES string of the molecule is O=C1[C@@H]2C3c4ccccc4C(c4ccccc43)[C@H]2C(=O)N1CCN1CCCCC1. The molecule has 0 unspecified atom stereocenters. The average Bonchev–Trinajstić information content (AvgIpc) is 3.03. The number of nitrogens with zero attached hydrogens (tertiary/aromatic N) is 2. The van der Waals surface area contributed by atoms with E-state index in [0.29, 0.717) is 6.54 Å². The standard InChI is InChI=1S/C25H26N2O2/c28-24-22-20-16-8-2-3-9-17(16)21(19-11-5-4-10-18(19)20)23(22)25(29)27(24)15-14-26-12-6-1-7-13-26/h2-5,8-11,20-23H,1,6-7,12-15H2/t20?,21?,22-,23-/m1/s1. The summed E-state index contributed by atoms with van der Waals surface area (Å²) in [6.45, 7) is 3.53. The number of piperidine rings is 1. The highest BCUT2D eigenvalue weighted by Crippen LogP contribution is 2.60. The number of carbonyl (C=O) groups is 2. The molecule has 2 fully saturated rings. The summed E-state index contributed by atoms with van der Waals surface area (Å²) in [5.74, 6) is -0.355. The number of imide groups is 1. The highest BCUT2D eigenvalue weighted by Gasteiger charge is 2.61. The molecule has 0 saturated carbocycles. The summed E-state index contributed by atoms with van der Waals surface area (Å²) >= 11 is 0. The minimum absolute atomic E-state index is 0.00818. The molecule has 0 N–H and O–H groups in total. The maximum absolute atomic E-state index is 13.5. The van der Waals surface area contributed by atoms with Crippen LogP contribution in [0, 0.1) is 11.8 Å². The van der Waals surface area contributed by atoms with Gasteiger partial charge in [0.05, 0.1) is 11.8 Å². The zero-order valence-corrected chi connectivity index (χ0v) is 16.6. The third kappa shape index (κ3) is 2.42. The Balaban J connectivity index is 1.37. The van der Waals surface area contributed by atoms with Gasteiger partial charge in [0.15, 0.2) is 0 Å². The molecule has 3 aliphatic carbocycles. The van der Waals surface area contributed by atoms with Crippen molar-refractivity contribution in [2.24, 2.45) is 11.8 Å². The Morgan fingerprint density at radius 1 is 0.655 bits per heavy atom. The largest absolute Gasteiger partial charge is 0.302 e. The van der Waals surface area contributed by atoms with Crippen LogP contribution in [0.4, 0.5) is 0 Å². The van der Waals surface area contributed by atoms with Crippen LogP contribution in [0.2, 0.25) is 0 Å². The van der Waals surface area contributed by atoms with Crippen molar-refractivity contribution in [2.45, 2.75) is 31.1 Å². The quantitative estimate of drug-likeness (QED) is 0.760. The summed E-state index contributed by atoms with van der Waals surface area (Å²) in [7, 11) is 0. The van der Waals surface area contributed by atoms with Crippen molar-refractivity contribution in [2.75, 3.05) is 26.2 Å². The van der Waals surface area contributed by atoms with E-state index in [1.165, 1.54) is 41.5 Å². The van der Waals surface area contributed by atoms with Gasteiger partial charge >= 0.3 is 0 Å². The number of amides is 2. The van der Waals surface area contributed by atoms with Crippen LogP contribution in [0.3, 0.4) is 0 Å². The van der Waals surface area contributed by atoms with Crippen LogP contribution in [0.15, 0.2) is 48.5 Å². The number of hydrogen-bond acceptors (Lipinski definition) is 3. The molecule has 2 saturated heterocycles. The van der Waals surface area contributed by atoms with Gasteiger partial charge in [0.1, 0.15) is 0 Å². The van der Waals surface area contributed by atoms with Gasteiger partial charge in [0.2, 0.25) is 11.8 Å². The first-order valence-corrected chi connectivity index (χ1v) is 11.0. The fraction of sp³-hybridized carbons (Fsp3) is 0.440. The Labute approximate surface area is 171 Å². The van der Waals surface area contributed by atoms with E-state index in [1.54, 1.807) is 4.90 Å². The first-order valence-electron chi connectivity index (χ1n) is 11.0. The fourth-order valence-electron chi connectivity index (χ4n) is 6.38. The van der Waals surface area contributed by atoms with Crippen LogP contribution in [0.1, 0.15) is 53.4 Å². The van der Waals surface area contributed by atoms with Gasteiger partial charge in [-0.25, -0.2) is 0 Å². The number of likely N-dealkylation sites (tertiary alicyclic amines) is 2. The summed E-state index contributed by atoms with van der Waals surface area (Å²) in [4.78, 5) is 31.0. The zero-order chi connectivity index (χ0) is 19.5. The Bertz CT molecular complexity index is 878. The molecule has 2 atom stereocenters. The van der Waals surface area contributed by atoms with Crippen molar-refractivity contribution in [1.29, 1.82) is 0 Å². The molecule has 7 rings (SSSR count). The van der Waals surface area contributed by atoms with E-state index in [2.05, 4.69) is 53.4 Å². The predicted molar refractivity (Wildman–Crippen MR) is 111 cm³/mol. The summed E-state index contributed by atoms with van der Waals surface area (Å²) in [5.41, 5.74) is 4.99. The van der Waals surface area contributed by atoms with Gasteiger partial charge < -0.3 is 4.90 Å². The molecule has 148 valence electrons. The van der Waals surface area contributed by atoms with Crippen molar-refractivity contribution < 1.29 is 9.59 Å². The van der Waals surface area contributed by atoms with E-state index in [0.717, 1.165) is 19.6 Å². The number of hydrogen-bond donors (Lipinski definition) is 0. The lowest BCUT2D eigenvalue weighted by Crippen LogP contribution is -2.41. The third-order valence-electron chi connectivity index (χ3n) is 7.63. The Hall–Kier alpha value is -2.46. The lowest BCUT2D eigenvalue weighted by atomic mass is 9.55. The van der Waals surface area contributed by atoms with Gasteiger partial charge in [0, 0.05) is 24.9 Å². The maximum Gasteiger partial charge on any atom is 0.234 e. The van der Waals surface area contributed by atoms with Crippen molar-refractivity contribution in [1.82, 2.24) is 9.80 Å². The molecule has 0 spiro atoms. The fourth-order valence-corrected chi connectivity index (χ4v) is 6.38. The van der Waals surface area contributed by atoms with E-state index >= 15 is 0 Å². The molecule has 0 radical (unpaired) electrons. The van der Waals surface area contributed by atoms with E-state index < -0.39 is 0 Å². The molecule has 0 aromatic heterocycles. The monoisotopic (exact) mass is 386 g/mol. The van der Waals surface area contributed by atoms with Crippen molar-refractivity contribution >= 4 is 11.8 Å². The van der Waals surface area contributed by atoms with Crippen molar-refractivity contribution in [3.8, 4) is 0 Å². The molecule has 29 heavy (non-hydrogen) atoms. The smallest absolute Gasteiger partial charge is 0.234 e. The third-order valence-corrected chi connectivity index (χ3v) is 7.63. The minimum atomic E-state index is -0.237. The maximum atomic E-state index is 13.5. The van der Waals surface area contributed by atoms with E-state index in [4.69, 9.17) is 0 Å². The Kier molecular flexibility index (Phi) is 3.92. The van der Waals surface area contributed by atoms with Gasteiger partial charge in [-0.15, -0.1) is 0 Å². The van der Waals surface area contributed by atoms with Crippen LogP contribution >= 0.6 is 0 Å². The van der Waals surface area contributed by atoms with Crippen LogP contribution in [0.5, 0.6) is 0 Å². The van der Waals surface area contributed by atoms with Crippen LogP contribution in [0.25, 0.3) is 0 Å². The minimum Gasteiger partial charge on any atom is -0.302 e. The van der Waals surface area contributed by atoms with E-state index in [9.17, 15) is 9.59 Å². The Morgan fingerprint density at radius 3 is 1.55 bits per heavy atom. The second kappa shape index (κ2) is 6.53. The summed E-state index contributed by atoms with van der Waals surface area (Å²) in [6, 6.07) is 16.9. The molecule has 2 aromatic carbocycles. The lowest BCUT2D eigenvalue weighted by Gasteiger charge is -2.45. The van der Waals surface area contributed by atoms with Crippen LogP contribution < -0.4 is 0 Å². The first kappa shape index (κ1) is 17.4. The molecule has 2 bridgehead atoms. The number of rotatable bonds is 3. The van der Waals surface area contributed by atoms with E-state index in [-0.39, 0.29) is 35.5 Å². The second-order valence-corrected chi connectivity index (χ2v) is 9.00. The van der Waals surface area contributed by atoms with Gasteiger partial charge in [-0.2, -0.15) is 0 Å². The van der Waals surface area contributed by atoms with E-state index in [1.807, 2.05) is 0 Å². The summed E-state index contributed by atoms with van der Waals surface area (Å²) in [6.07, 6.45) is 3.74. The molecule has 2 aliphatic heterocycles. The van der Waals surface area contributed by atoms with Gasteiger partial charge in [-0.05, 0) is 48.2 Å².